The highest BCUT2D eigenvalue weighted by molar-refractivity contribution is 5.77. The predicted molar refractivity (Wildman–Crippen MR) is 82.8 cm³/mol. The Morgan fingerprint density at radius 3 is 2.90 bits per heavy atom. The molecule has 0 aliphatic carbocycles. The first-order valence-corrected chi connectivity index (χ1v) is 7.63. The van der Waals surface area contributed by atoms with Gasteiger partial charge in [0.25, 0.3) is 0 Å². The Balaban J connectivity index is 1.89. The van der Waals surface area contributed by atoms with Gasteiger partial charge in [0.2, 0.25) is 5.91 Å². The second-order valence-electron chi connectivity index (χ2n) is 6.11. The van der Waals surface area contributed by atoms with E-state index < -0.39 is 0 Å². The van der Waals surface area contributed by atoms with Crippen LogP contribution in [-0.2, 0) is 4.79 Å². The Bertz CT molecular complexity index is 458. The summed E-state index contributed by atoms with van der Waals surface area (Å²) in [5.41, 5.74) is 2.54. The van der Waals surface area contributed by atoms with Crippen LogP contribution in [0.4, 0.5) is 0 Å². The normalized spacial score (nSPS) is 24.1. The van der Waals surface area contributed by atoms with Gasteiger partial charge in [0.15, 0.2) is 0 Å². The zero-order valence-electron chi connectivity index (χ0n) is 12.8. The van der Waals surface area contributed by atoms with Crippen molar-refractivity contribution in [3.05, 3.63) is 35.4 Å². The highest BCUT2D eigenvalue weighted by Crippen LogP contribution is 2.22. The van der Waals surface area contributed by atoms with Crippen LogP contribution < -0.4 is 10.6 Å². The molecule has 0 bridgehead atoms. The summed E-state index contributed by atoms with van der Waals surface area (Å²) in [5.74, 6) is 0.998. The Hall–Kier alpha value is -1.35. The van der Waals surface area contributed by atoms with Crippen LogP contribution in [0.3, 0.4) is 0 Å². The fourth-order valence-corrected chi connectivity index (χ4v) is 2.98. The summed E-state index contributed by atoms with van der Waals surface area (Å²) in [6, 6.07) is 8.60. The van der Waals surface area contributed by atoms with Crippen LogP contribution in [0.1, 0.15) is 43.7 Å². The molecule has 0 radical (unpaired) electrons. The average molecular weight is 274 g/mol. The van der Waals surface area contributed by atoms with Gasteiger partial charge in [-0.25, -0.2) is 0 Å². The molecule has 0 spiro atoms. The van der Waals surface area contributed by atoms with Crippen LogP contribution in [0, 0.1) is 12.8 Å². The van der Waals surface area contributed by atoms with Gasteiger partial charge < -0.3 is 10.6 Å². The van der Waals surface area contributed by atoms with Gasteiger partial charge in [-0.1, -0.05) is 38.1 Å². The lowest BCUT2D eigenvalue weighted by molar-refractivity contribution is -0.122. The van der Waals surface area contributed by atoms with E-state index in [0.29, 0.717) is 12.3 Å². The van der Waals surface area contributed by atoms with Gasteiger partial charge in [0, 0.05) is 19.0 Å². The third-order valence-electron chi connectivity index (χ3n) is 4.38. The Kier molecular flexibility index (Phi) is 5.18. The molecule has 1 fully saturated rings. The highest BCUT2D eigenvalue weighted by Gasteiger charge is 2.23. The molecule has 3 atom stereocenters. The maximum atomic E-state index is 12.2. The lowest BCUT2D eigenvalue weighted by Gasteiger charge is -2.30. The number of benzene rings is 1. The summed E-state index contributed by atoms with van der Waals surface area (Å²) in [6.07, 6.45) is 1.70. The second-order valence-corrected chi connectivity index (χ2v) is 6.11. The number of piperidine rings is 1. The van der Waals surface area contributed by atoms with Crippen LogP contribution >= 0.6 is 0 Å². The largest absolute Gasteiger partial charge is 0.352 e. The quantitative estimate of drug-likeness (QED) is 0.886. The van der Waals surface area contributed by atoms with E-state index in [1.807, 2.05) is 12.1 Å². The van der Waals surface area contributed by atoms with E-state index in [0.717, 1.165) is 19.5 Å². The molecule has 1 aliphatic rings. The Labute approximate surface area is 122 Å². The molecule has 1 amide bonds. The molecular weight excluding hydrogens is 248 g/mol. The van der Waals surface area contributed by atoms with Gasteiger partial charge in [0.1, 0.15) is 0 Å². The summed E-state index contributed by atoms with van der Waals surface area (Å²) in [6.45, 7) is 8.41. The monoisotopic (exact) mass is 274 g/mol. The molecule has 110 valence electrons. The van der Waals surface area contributed by atoms with Gasteiger partial charge in [-0.15, -0.1) is 0 Å². The third kappa shape index (κ3) is 3.83. The molecule has 2 rings (SSSR count). The molecule has 1 aliphatic heterocycles. The number of carbonyl (C=O) groups is 1. The lowest BCUT2D eigenvalue weighted by Crippen LogP contribution is -2.50. The van der Waals surface area contributed by atoms with Gasteiger partial charge in [0.05, 0.1) is 0 Å². The molecule has 1 aromatic rings. The molecule has 1 saturated heterocycles. The average Bonchev–Trinajstić information content (AvgIpc) is 2.41. The first-order chi connectivity index (χ1) is 9.58. The zero-order chi connectivity index (χ0) is 14.5. The fraction of sp³-hybridized carbons (Fsp3) is 0.588. The molecule has 0 saturated carbocycles. The van der Waals surface area contributed by atoms with Crippen LogP contribution in [0.5, 0.6) is 0 Å². The molecule has 1 heterocycles. The number of nitrogens with one attached hydrogen (secondary N) is 2. The maximum Gasteiger partial charge on any atom is 0.220 e. The van der Waals surface area contributed by atoms with E-state index in [2.05, 4.69) is 43.5 Å². The van der Waals surface area contributed by atoms with E-state index in [1.165, 1.54) is 11.1 Å². The maximum absolute atomic E-state index is 12.2. The van der Waals surface area contributed by atoms with Crippen LogP contribution in [0.25, 0.3) is 0 Å². The minimum Gasteiger partial charge on any atom is -0.352 e. The van der Waals surface area contributed by atoms with Crippen LogP contribution in [-0.4, -0.2) is 25.0 Å². The van der Waals surface area contributed by atoms with Crippen molar-refractivity contribution < 1.29 is 4.79 Å². The third-order valence-corrected chi connectivity index (χ3v) is 4.38. The van der Waals surface area contributed by atoms with Crippen molar-refractivity contribution in [1.82, 2.24) is 10.6 Å². The van der Waals surface area contributed by atoms with Crippen LogP contribution in [0.15, 0.2) is 24.3 Å². The SMILES string of the molecule is Cc1ccccc1C(C)CC(=O)NC1CNCCC1C. The van der Waals surface area contributed by atoms with Crippen molar-refractivity contribution >= 4 is 5.91 Å². The van der Waals surface area contributed by atoms with Gasteiger partial charge in [-0.05, 0) is 42.9 Å². The zero-order valence-corrected chi connectivity index (χ0v) is 12.8. The van der Waals surface area contributed by atoms with Crippen LogP contribution in [0.2, 0.25) is 0 Å². The number of amides is 1. The smallest absolute Gasteiger partial charge is 0.220 e. The minimum absolute atomic E-state index is 0.168. The predicted octanol–water partition coefficient (Wildman–Crippen LogP) is 2.60. The molecule has 1 aromatic carbocycles. The molecule has 2 N–H and O–H groups in total. The molecule has 3 heteroatoms. The van der Waals surface area contributed by atoms with Crippen molar-refractivity contribution in [2.45, 2.75) is 45.6 Å². The number of aryl methyl sites for hydroxylation is 1. The Morgan fingerprint density at radius 1 is 1.45 bits per heavy atom. The Morgan fingerprint density at radius 2 is 2.20 bits per heavy atom. The van der Waals surface area contributed by atoms with E-state index in [1.54, 1.807) is 0 Å². The topological polar surface area (TPSA) is 41.1 Å². The molecular formula is C17H26N2O. The van der Waals surface area contributed by atoms with Crippen molar-refractivity contribution in [2.75, 3.05) is 13.1 Å². The van der Waals surface area contributed by atoms with Crippen molar-refractivity contribution in [2.24, 2.45) is 5.92 Å². The second kappa shape index (κ2) is 6.89. The van der Waals surface area contributed by atoms with Gasteiger partial charge >= 0.3 is 0 Å². The molecule has 0 aromatic heterocycles. The fourth-order valence-electron chi connectivity index (χ4n) is 2.98. The van der Waals surface area contributed by atoms with E-state index in [4.69, 9.17) is 0 Å². The number of hydrogen-bond acceptors (Lipinski definition) is 2. The molecule has 3 nitrogen and oxygen atoms in total. The molecule has 3 unspecified atom stereocenters. The van der Waals surface area contributed by atoms with Gasteiger partial charge in [-0.3, -0.25) is 4.79 Å². The van der Waals surface area contributed by atoms with Crippen molar-refractivity contribution in [3.8, 4) is 0 Å². The number of hydrogen-bond donors (Lipinski definition) is 2. The first kappa shape index (κ1) is 15.0. The summed E-state index contributed by atoms with van der Waals surface area (Å²) in [7, 11) is 0. The van der Waals surface area contributed by atoms with E-state index in [-0.39, 0.29) is 17.9 Å². The summed E-state index contributed by atoms with van der Waals surface area (Å²) < 4.78 is 0. The van der Waals surface area contributed by atoms with E-state index in [9.17, 15) is 4.79 Å². The summed E-state index contributed by atoms with van der Waals surface area (Å²) >= 11 is 0. The van der Waals surface area contributed by atoms with Crippen molar-refractivity contribution in [1.29, 1.82) is 0 Å². The minimum atomic E-state index is 0.168. The molecule has 20 heavy (non-hydrogen) atoms. The van der Waals surface area contributed by atoms with Gasteiger partial charge in [-0.2, -0.15) is 0 Å². The highest BCUT2D eigenvalue weighted by atomic mass is 16.1. The van der Waals surface area contributed by atoms with E-state index >= 15 is 0 Å². The number of rotatable bonds is 4. The number of carbonyl (C=O) groups excluding carboxylic acids is 1. The lowest BCUT2D eigenvalue weighted by atomic mass is 9.92. The standard InChI is InChI=1S/C17H26N2O/c1-12-6-4-5-7-15(12)14(3)10-17(20)19-16-11-18-9-8-13(16)2/h4-7,13-14,16,18H,8-11H2,1-3H3,(H,19,20). The van der Waals surface area contributed by atoms with Crippen molar-refractivity contribution in [3.63, 3.8) is 0 Å². The first-order valence-electron chi connectivity index (χ1n) is 7.63. The summed E-state index contributed by atoms with van der Waals surface area (Å²) in [4.78, 5) is 12.2. The summed E-state index contributed by atoms with van der Waals surface area (Å²) in [5, 5.41) is 6.54.